The molecule has 2 amide bonds. The molecule has 1 saturated heterocycles. The molecule has 3 rings (SSSR count). The molecule has 10 heteroatoms. The van der Waals surface area contributed by atoms with Gasteiger partial charge in [0.25, 0.3) is 5.91 Å². The first kappa shape index (κ1) is 21.8. The molecule has 0 saturated carbocycles. The first-order valence-electron chi connectivity index (χ1n) is 9.68. The van der Waals surface area contributed by atoms with Crippen LogP contribution in [0, 0.1) is 0 Å². The van der Waals surface area contributed by atoms with E-state index in [-0.39, 0.29) is 25.5 Å². The molecule has 0 aliphatic carbocycles. The monoisotopic (exact) mass is 423 g/mol. The number of amides is 2. The van der Waals surface area contributed by atoms with Crippen molar-refractivity contribution in [3.8, 4) is 0 Å². The summed E-state index contributed by atoms with van der Waals surface area (Å²) in [6.07, 6.45) is -3.69. The Bertz CT molecular complexity index is 888. The molecule has 2 aromatic rings. The van der Waals surface area contributed by atoms with E-state index in [2.05, 4.69) is 10.4 Å². The summed E-state index contributed by atoms with van der Waals surface area (Å²) in [6, 6.07) is 8.52. The van der Waals surface area contributed by atoms with Crippen molar-refractivity contribution >= 4 is 17.5 Å². The summed E-state index contributed by atoms with van der Waals surface area (Å²) in [5.41, 5.74) is -0.767. The lowest BCUT2D eigenvalue weighted by Crippen LogP contribution is -2.50. The lowest BCUT2D eigenvalue weighted by molar-refractivity contribution is -0.145. The summed E-state index contributed by atoms with van der Waals surface area (Å²) in [4.78, 5) is 28.2. The van der Waals surface area contributed by atoms with Gasteiger partial charge in [0.2, 0.25) is 5.91 Å². The summed E-state index contributed by atoms with van der Waals surface area (Å²) >= 11 is 0. The average molecular weight is 423 g/mol. The Hall–Kier alpha value is -2.88. The minimum absolute atomic E-state index is 0.149. The second-order valence-corrected chi connectivity index (χ2v) is 7.43. The predicted molar refractivity (Wildman–Crippen MR) is 105 cm³/mol. The van der Waals surface area contributed by atoms with Crippen LogP contribution in [0.1, 0.15) is 35.9 Å². The molecular weight excluding hydrogens is 399 g/mol. The van der Waals surface area contributed by atoms with Gasteiger partial charge in [0, 0.05) is 37.9 Å². The van der Waals surface area contributed by atoms with Crippen LogP contribution in [-0.4, -0.2) is 64.1 Å². The van der Waals surface area contributed by atoms with E-state index in [1.54, 1.807) is 26.0 Å². The number of aromatic nitrogens is 2. The summed E-state index contributed by atoms with van der Waals surface area (Å²) in [7, 11) is 0. The molecule has 0 spiro atoms. The number of piperazine rings is 1. The standard InChI is InChI=1S/C20H24F3N5O2/c1-14(2)28-18(20(21,22)23)16(12-24-28)19(30)27-10-8-26(9-11-27)13-17(29)25-15-6-4-3-5-7-15/h3-7,12,14H,8-11,13H2,1-2H3,(H,25,29). The van der Waals surface area contributed by atoms with Crippen LogP contribution >= 0.6 is 0 Å². The molecule has 1 aliphatic rings. The zero-order valence-corrected chi connectivity index (χ0v) is 16.8. The Labute approximate surface area is 172 Å². The number of anilines is 1. The summed E-state index contributed by atoms with van der Waals surface area (Å²) < 4.78 is 41.4. The highest BCUT2D eigenvalue weighted by molar-refractivity contribution is 5.95. The second-order valence-electron chi connectivity index (χ2n) is 7.43. The Balaban J connectivity index is 1.60. The SMILES string of the molecule is CC(C)n1ncc(C(=O)N2CCN(CC(=O)Nc3ccccc3)CC2)c1C(F)(F)F. The van der Waals surface area contributed by atoms with E-state index in [1.165, 1.54) is 4.90 Å². The average Bonchev–Trinajstić information content (AvgIpc) is 3.15. The Kier molecular flexibility index (Phi) is 6.45. The molecule has 0 bridgehead atoms. The fourth-order valence-electron chi connectivity index (χ4n) is 3.40. The molecule has 1 aliphatic heterocycles. The molecule has 0 radical (unpaired) electrons. The van der Waals surface area contributed by atoms with E-state index in [0.29, 0.717) is 18.8 Å². The van der Waals surface area contributed by atoms with Crippen molar-refractivity contribution in [3.05, 3.63) is 47.8 Å². The van der Waals surface area contributed by atoms with Crippen LogP contribution in [-0.2, 0) is 11.0 Å². The van der Waals surface area contributed by atoms with Gasteiger partial charge in [0.15, 0.2) is 5.69 Å². The second kappa shape index (κ2) is 8.86. The number of nitrogens with zero attached hydrogens (tertiary/aromatic N) is 4. The van der Waals surface area contributed by atoms with Crippen LogP contribution in [0.25, 0.3) is 0 Å². The molecule has 1 fully saturated rings. The number of nitrogens with one attached hydrogen (secondary N) is 1. The number of alkyl halides is 3. The summed E-state index contributed by atoms with van der Waals surface area (Å²) in [5.74, 6) is -0.874. The van der Waals surface area contributed by atoms with E-state index in [9.17, 15) is 22.8 Å². The molecular formula is C20H24F3N5O2. The summed E-state index contributed by atoms with van der Waals surface area (Å²) in [5, 5.41) is 6.57. The highest BCUT2D eigenvalue weighted by atomic mass is 19.4. The number of carbonyl (C=O) groups excluding carboxylic acids is 2. The Morgan fingerprint density at radius 1 is 1.10 bits per heavy atom. The molecule has 7 nitrogen and oxygen atoms in total. The predicted octanol–water partition coefficient (Wildman–Crippen LogP) is 2.88. The molecule has 1 N–H and O–H groups in total. The van der Waals surface area contributed by atoms with Gasteiger partial charge in [-0.2, -0.15) is 18.3 Å². The number of benzene rings is 1. The first-order valence-corrected chi connectivity index (χ1v) is 9.68. The van der Waals surface area contributed by atoms with Crippen molar-refractivity contribution in [3.63, 3.8) is 0 Å². The van der Waals surface area contributed by atoms with Crippen LogP contribution < -0.4 is 5.32 Å². The third kappa shape index (κ3) is 4.99. The van der Waals surface area contributed by atoms with Crippen molar-refractivity contribution in [1.29, 1.82) is 0 Å². The van der Waals surface area contributed by atoms with Crippen LogP contribution in [0.4, 0.5) is 18.9 Å². The van der Waals surface area contributed by atoms with Crippen molar-refractivity contribution < 1.29 is 22.8 Å². The van der Waals surface area contributed by atoms with Gasteiger partial charge in [-0.3, -0.25) is 19.2 Å². The highest BCUT2D eigenvalue weighted by Gasteiger charge is 2.41. The van der Waals surface area contributed by atoms with Crippen molar-refractivity contribution in [2.75, 3.05) is 38.0 Å². The molecule has 162 valence electrons. The van der Waals surface area contributed by atoms with Gasteiger partial charge in [0.1, 0.15) is 0 Å². The third-order valence-corrected chi connectivity index (χ3v) is 4.87. The van der Waals surface area contributed by atoms with Crippen LogP contribution in [0.3, 0.4) is 0 Å². The van der Waals surface area contributed by atoms with Gasteiger partial charge in [0.05, 0.1) is 18.3 Å². The smallest absolute Gasteiger partial charge is 0.336 e. The van der Waals surface area contributed by atoms with E-state index in [4.69, 9.17) is 0 Å². The van der Waals surface area contributed by atoms with Gasteiger partial charge in [-0.25, -0.2) is 0 Å². The maximum Gasteiger partial charge on any atom is 0.433 e. The number of rotatable bonds is 5. The number of para-hydroxylation sites is 1. The largest absolute Gasteiger partial charge is 0.433 e. The maximum atomic E-state index is 13.5. The zero-order valence-electron chi connectivity index (χ0n) is 16.8. The van der Waals surface area contributed by atoms with Gasteiger partial charge >= 0.3 is 6.18 Å². The first-order chi connectivity index (χ1) is 14.2. The lowest BCUT2D eigenvalue weighted by atomic mass is 10.1. The minimum atomic E-state index is -4.68. The van der Waals surface area contributed by atoms with E-state index >= 15 is 0 Å². The van der Waals surface area contributed by atoms with Gasteiger partial charge < -0.3 is 10.2 Å². The highest BCUT2D eigenvalue weighted by Crippen LogP contribution is 2.34. The number of hydrogen-bond donors (Lipinski definition) is 1. The Morgan fingerprint density at radius 3 is 2.30 bits per heavy atom. The molecule has 30 heavy (non-hydrogen) atoms. The zero-order chi connectivity index (χ0) is 21.9. The van der Waals surface area contributed by atoms with E-state index in [0.717, 1.165) is 10.9 Å². The van der Waals surface area contributed by atoms with E-state index in [1.807, 2.05) is 23.1 Å². The van der Waals surface area contributed by atoms with Gasteiger partial charge in [-0.15, -0.1) is 0 Å². The molecule has 1 aromatic carbocycles. The number of carbonyl (C=O) groups is 2. The number of halogens is 3. The van der Waals surface area contributed by atoms with Gasteiger partial charge in [-0.05, 0) is 26.0 Å². The number of hydrogen-bond acceptors (Lipinski definition) is 4. The van der Waals surface area contributed by atoms with Crippen LogP contribution in [0.15, 0.2) is 36.5 Å². The fraction of sp³-hybridized carbons (Fsp3) is 0.450. The van der Waals surface area contributed by atoms with Crippen molar-refractivity contribution in [2.24, 2.45) is 0 Å². The van der Waals surface area contributed by atoms with Crippen molar-refractivity contribution in [2.45, 2.75) is 26.1 Å². The topological polar surface area (TPSA) is 70.5 Å². The maximum absolute atomic E-state index is 13.5. The lowest BCUT2D eigenvalue weighted by Gasteiger charge is -2.34. The van der Waals surface area contributed by atoms with E-state index < -0.39 is 29.4 Å². The fourth-order valence-corrected chi connectivity index (χ4v) is 3.40. The third-order valence-electron chi connectivity index (χ3n) is 4.87. The van der Waals surface area contributed by atoms with Crippen LogP contribution in [0.5, 0.6) is 0 Å². The quantitative estimate of drug-likeness (QED) is 0.803. The molecule has 2 heterocycles. The molecule has 0 unspecified atom stereocenters. The summed E-state index contributed by atoms with van der Waals surface area (Å²) in [6.45, 7) is 4.58. The van der Waals surface area contributed by atoms with Crippen molar-refractivity contribution in [1.82, 2.24) is 19.6 Å². The Morgan fingerprint density at radius 2 is 1.73 bits per heavy atom. The minimum Gasteiger partial charge on any atom is -0.336 e. The molecule has 1 aromatic heterocycles. The normalized spacial score (nSPS) is 15.5. The van der Waals surface area contributed by atoms with Crippen LogP contribution in [0.2, 0.25) is 0 Å². The molecule has 0 atom stereocenters. The van der Waals surface area contributed by atoms with Gasteiger partial charge in [-0.1, -0.05) is 18.2 Å².